The van der Waals surface area contributed by atoms with E-state index in [1.807, 2.05) is 152 Å². The second kappa shape index (κ2) is 22.5. The molecule has 0 aliphatic heterocycles. The van der Waals surface area contributed by atoms with E-state index in [-0.39, 0.29) is 0 Å². The van der Waals surface area contributed by atoms with Gasteiger partial charge in [0, 0.05) is 0 Å². The van der Waals surface area contributed by atoms with E-state index in [0.717, 1.165) is 23.8 Å². The van der Waals surface area contributed by atoms with Gasteiger partial charge in [0.25, 0.3) is 0 Å². The van der Waals surface area contributed by atoms with Gasteiger partial charge in [0.1, 0.15) is 28.7 Å². The number of hydrogen-bond acceptors (Lipinski definition) is 6. The van der Waals surface area contributed by atoms with E-state index < -0.39 is 17.2 Å². The van der Waals surface area contributed by atoms with E-state index in [2.05, 4.69) is 13.8 Å². The van der Waals surface area contributed by atoms with Crippen molar-refractivity contribution >= 4 is 17.2 Å². The molecule has 5 rings (SSSR count). The van der Waals surface area contributed by atoms with Crippen LogP contribution in [0.25, 0.3) is 0 Å². The molecule has 0 aliphatic rings. The smallest absolute Gasteiger partial charge is 0.418 e. The van der Waals surface area contributed by atoms with Crippen LogP contribution in [0.2, 0.25) is 0 Å². The molecule has 0 atom stereocenters. The molecule has 0 aromatic heterocycles. The van der Waals surface area contributed by atoms with Crippen LogP contribution in [-0.2, 0) is 4.52 Å². The summed E-state index contributed by atoms with van der Waals surface area (Å²) < 4.78 is 35.3. The van der Waals surface area contributed by atoms with Crippen molar-refractivity contribution in [3.8, 4) is 28.7 Å². The fourth-order valence-corrected chi connectivity index (χ4v) is 6.29. The van der Waals surface area contributed by atoms with E-state index in [1.165, 1.54) is 32.1 Å². The highest BCUT2D eigenvalue weighted by atomic mass is 31.2. The predicted molar refractivity (Wildman–Crippen MR) is 198 cm³/mol. The zero-order chi connectivity index (χ0) is 33.5. The quantitative estimate of drug-likeness (QED) is 0.0637. The summed E-state index contributed by atoms with van der Waals surface area (Å²) in [6.45, 7) is 5.24. The van der Waals surface area contributed by atoms with Gasteiger partial charge in [-0.25, -0.2) is 0 Å². The Morgan fingerprint density at radius 3 is 1.00 bits per heavy atom. The normalized spacial score (nSPS) is 10.7. The van der Waals surface area contributed by atoms with Crippen molar-refractivity contribution in [1.82, 2.24) is 0 Å². The van der Waals surface area contributed by atoms with Crippen LogP contribution in [0.3, 0.4) is 0 Å². The first-order chi connectivity index (χ1) is 23.6. The molecule has 252 valence electrons. The van der Waals surface area contributed by atoms with Crippen molar-refractivity contribution in [2.24, 2.45) is 5.92 Å². The summed E-state index contributed by atoms with van der Waals surface area (Å²) in [7, 11) is -3.04. The fraction of sp³-hybridized carbons (Fsp3) is 0.250. The fourth-order valence-electron chi connectivity index (χ4n) is 4.29. The SMILES string of the molecule is CC(C)CCCCCCCOP(Oc1ccccc1)Oc1ccccc1.c1ccc(OP(Oc2ccccc2)Oc2ccccc2)cc1. The first-order valence-electron chi connectivity index (χ1n) is 16.5. The Morgan fingerprint density at radius 2 is 0.667 bits per heavy atom. The number of rotatable bonds is 19. The minimum atomic E-state index is -1.59. The molecule has 0 aliphatic carbocycles. The molecule has 0 bridgehead atoms. The van der Waals surface area contributed by atoms with Gasteiger partial charge in [-0.05, 0) is 73.0 Å². The number of hydrogen-bond donors (Lipinski definition) is 0. The summed E-state index contributed by atoms with van der Waals surface area (Å²) in [5, 5.41) is 0. The van der Waals surface area contributed by atoms with Gasteiger partial charge in [0.2, 0.25) is 0 Å². The summed E-state index contributed by atoms with van der Waals surface area (Å²) >= 11 is 0. The molecule has 5 aromatic carbocycles. The summed E-state index contributed by atoms with van der Waals surface area (Å²) in [5.41, 5.74) is 0. The van der Waals surface area contributed by atoms with Crippen LogP contribution in [0.5, 0.6) is 28.7 Å². The molecule has 8 heteroatoms. The van der Waals surface area contributed by atoms with E-state index in [9.17, 15) is 0 Å². The maximum atomic E-state index is 5.92. The summed E-state index contributed by atoms with van der Waals surface area (Å²) in [4.78, 5) is 0. The third-order valence-corrected chi connectivity index (χ3v) is 8.93. The first-order valence-corrected chi connectivity index (χ1v) is 18.7. The lowest BCUT2D eigenvalue weighted by Crippen LogP contribution is -2.02. The van der Waals surface area contributed by atoms with Crippen LogP contribution < -0.4 is 22.6 Å². The molecule has 0 N–H and O–H groups in total. The first kappa shape index (κ1) is 36.8. The van der Waals surface area contributed by atoms with E-state index in [0.29, 0.717) is 23.9 Å². The van der Waals surface area contributed by atoms with Crippen LogP contribution in [0.4, 0.5) is 0 Å². The Bertz CT molecular complexity index is 1340. The third kappa shape index (κ3) is 15.7. The van der Waals surface area contributed by atoms with Crippen LogP contribution in [-0.4, -0.2) is 6.61 Å². The standard InChI is InChI=1S/C22H31O3P.C18H15O3P/c1-20(2)14-8-4-3-5-13-19-23-26(24-21-15-9-6-10-16-21)25-22-17-11-7-12-18-22;1-4-10-16(11-5-1)19-22(20-17-12-6-2-7-13-17)21-18-14-8-3-9-15-18/h6-7,9-12,15-18,20H,3-5,8,13-14,19H2,1-2H3;1-15H. The van der Waals surface area contributed by atoms with Crippen molar-refractivity contribution in [2.45, 2.75) is 52.4 Å². The Balaban J connectivity index is 0.000000219. The van der Waals surface area contributed by atoms with Gasteiger partial charge in [-0.2, -0.15) is 0 Å². The molecule has 0 fully saturated rings. The van der Waals surface area contributed by atoms with Gasteiger partial charge in [0.15, 0.2) is 0 Å². The number of para-hydroxylation sites is 5. The molecule has 0 spiro atoms. The maximum Gasteiger partial charge on any atom is 0.530 e. The molecule has 48 heavy (non-hydrogen) atoms. The minimum absolute atomic E-state index is 0.662. The van der Waals surface area contributed by atoms with Gasteiger partial charge in [-0.3, -0.25) is 4.52 Å². The van der Waals surface area contributed by atoms with Crippen molar-refractivity contribution in [3.63, 3.8) is 0 Å². The van der Waals surface area contributed by atoms with E-state index in [4.69, 9.17) is 27.1 Å². The number of benzene rings is 5. The molecule has 0 saturated carbocycles. The lowest BCUT2D eigenvalue weighted by molar-refractivity contribution is 0.258. The van der Waals surface area contributed by atoms with Crippen LogP contribution >= 0.6 is 17.2 Å². The molecule has 0 unspecified atom stereocenters. The van der Waals surface area contributed by atoms with E-state index in [1.54, 1.807) is 0 Å². The highest BCUT2D eigenvalue weighted by molar-refractivity contribution is 7.43. The van der Waals surface area contributed by atoms with Gasteiger partial charge in [-0.1, -0.05) is 137 Å². The lowest BCUT2D eigenvalue weighted by Gasteiger charge is -2.17. The van der Waals surface area contributed by atoms with Gasteiger partial charge < -0.3 is 22.6 Å². The van der Waals surface area contributed by atoms with Crippen molar-refractivity contribution in [1.29, 1.82) is 0 Å². The van der Waals surface area contributed by atoms with Crippen LogP contribution in [0.15, 0.2) is 152 Å². The molecule has 0 amide bonds. The van der Waals surface area contributed by atoms with Gasteiger partial charge >= 0.3 is 17.2 Å². The van der Waals surface area contributed by atoms with Crippen molar-refractivity contribution < 1.29 is 27.1 Å². The molecule has 0 radical (unpaired) electrons. The van der Waals surface area contributed by atoms with Gasteiger partial charge in [-0.15, -0.1) is 0 Å². The molecular formula is C40H46O6P2. The second-order valence-electron chi connectivity index (χ2n) is 11.3. The second-order valence-corrected chi connectivity index (χ2v) is 13.3. The molecule has 5 aromatic rings. The molecule has 6 nitrogen and oxygen atoms in total. The summed E-state index contributed by atoms with van der Waals surface area (Å²) in [6, 6.07) is 47.9. The van der Waals surface area contributed by atoms with Crippen molar-refractivity contribution in [3.05, 3.63) is 152 Å². The molecule has 0 heterocycles. The Morgan fingerprint density at radius 1 is 0.375 bits per heavy atom. The summed E-state index contributed by atoms with van der Waals surface area (Å²) in [6.07, 6.45) is 7.48. The Labute approximate surface area is 289 Å². The zero-order valence-corrected chi connectivity index (χ0v) is 29.6. The molecule has 0 saturated heterocycles. The highest BCUT2D eigenvalue weighted by Crippen LogP contribution is 2.43. The predicted octanol–water partition coefficient (Wildman–Crippen LogP) is 12.8. The summed E-state index contributed by atoms with van der Waals surface area (Å²) in [5.74, 6) is 4.47. The highest BCUT2D eigenvalue weighted by Gasteiger charge is 2.19. The van der Waals surface area contributed by atoms with Crippen LogP contribution in [0, 0.1) is 5.92 Å². The third-order valence-electron chi connectivity index (χ3n) is 6.74. The average molecular weight is 685 g/mol. The molecular weight excluding hydrogens is 638 g/mol. The van der Waals surface area contributed by atoms with Gasteiger partial charge in [0.05, 0.1) is 6.61 Å². The number of unbranched alkanes of at least 4 members (excludes halogenated alkanes) is 4. The van der Waals surface area contributed by atoms with Crippen molar-refractivity contribution in [2.75, 3.05) is 6.61 Å². The maximum absolute atomic E-state index is 5.92. The monoisotopic (exact) mass is 684 g/mol. The zero-order valence-electron chi connectivity index (χ0n) is 27.8. The Hall–Kier alpha value is -4.08. The van der Waals surface area contributed by atoms with E-state index >= 15 is 0 Å². The van der Waals surface area contributed by atoms with Crippen LogP contribution in [0.1, 0.15) is 52.4 Å². The lowest BCUT2D eigenvalue weighted by atomic mass is 10.0. The Kier molecular flexibility index (Phi) is 17.2. The average Bonchev–Trinajstić information content (AvgIpc) is 3.12. The topological polar surface area (TPSA) is 55.4 Å². The largest absolute Gasteiger partial charge is 0.530 e. The minimum Gasteiger partial charge on any atom is -0.418 e.